The Morgan fingerprint density at radius 2 is 1.97 bits per heavy atom. The number of rotatable bonds is 1. The molecular weight excluding hydrogens is 399 g/mol. The number of para-hydroxylation sites is 1. The standard InChI is InChI=1S/C13H9N5O3.C2HF3O2.CH4/c14-5-8-10(15)7-4-6-2-1-3-9(18(19)20)11(6)21-13(7)17-12(8)16;3-2(4,5)1(6)7;/h1-3H,4H2,(H4,15,16,17);(H,6,7);1H4. The van der Waals surface area contributed by atoms with E-state index in [4.69, 9.17) is 31.4 Å². The molecule has 0 radical (unpaired) electrons. The third-order valence-electron chi connectivity index (χ3n) is 3.52. The van der Waals surface area contributed by atoms with Crippen molar-refractivity contribution in [3.8, 4) is 17.7 Å². The number of nitro benzene ring substituents is 1. The van der Waals surface area contributed by atoms with Crippen LogP contribution in [0.5, 0.6) is 11.6 Å². The largest absolute Gasteiger partial charge is 0.490 e. The number of hydrogen-bond donors (Lipinski definition) is 3. The van der Waals surface area contributed by atoms with Crippen LogP contribution in [-0.4, -0.2) is 27.2 Å². The van der Waals surface area contributed by atoms with Crippen LogP contribution in [0, 0.1) is 21.4 Å². The molecule has 1 aliphatic heterocycles. The first-order chi connectivity index (χ1) is 13.0. The van der Waals surface area contributed by atoms with Gasteiger partial charge in [0.1, 0.15) is 17.5 Å². The van der Waals surface area contributed by atoms with E-state index < -0.39 is 17.1 Å². The van der Waals surface area contributed by atoms with E-state index in [0.29, 0.717) is 17.5 Å². The minimum absolute atomic E-state index is 0. The molecule has 0 aliphatic carbocycles. The average Bonchev–Trinajstić information content (AvgIpc) is 2.60. The number of aromatic nitrogens is 1. The lowest BCUT2D eigenvalue weighted by Crippen LogP contribution is -2.21. The van der Waals surface area contributed by atoms with Gasteiger partial charge in [-0.15, -0.1) is 0 Å². The van der Waals surface area contributed by atoms with Crippen molar-refractivity contribution in [3.63, 3.8) is 0 Å². The van der Waals surface area contributed by atoms with Gasteiger partial charge in [-0.25, -0.2) is 4.79 Å². The molecule has 2 aromatic rings. The van der Waals surface area contributed by atoms with Crippen LogP contribution in [0.3, 0.4) is 0 Å². The molecule has 0 fully saturated rings. The summed E-state index contributed by atoms with van der Waals surface area (Å²) in [7, 11) is 0. The highest BCUT2D eigenvalue weighted by Crippen LogP contribution is 2.44. The van der Waals surface area contributed by atoms with E-state index in [-0.39, 0.29) is 41.8 Å². The van der Waals surface area contributed by atoms with Gasteiger partial charge in [0.25, 0.3) is 0 Å². The lowest BCUT2D eigenvalue weighted by atomic mass is 9.98. The first-order valence-electron chi connectivity index (χ1n) is 7.19. The second-order valence-electron chi connectivity index (χ2n) is 5.29. The van der Waals surface area contributed by atoms with E-state index in [1.807, 2.05) is 6.07 Å². The van der Waals surface area contributed by atoms with Gasteiger partial charge in [-0.05, 0) is 0 Å². The minimum Gasteiger partial charge on any atom is -0.475 e. The van der Waals surface area contributed by atoms with Gasteiger partial charge < -0.3 is 21.3 Å². The monoisotopic (exact) mass is 413 g/mol. The SMILES string of the molecule is C.N#Cc1c(N)nc2c(c1N)Cc1cccc([N+](=O)[O-])c1O2.O=C(O)C(F)(F)F. The molecule has 0 atom stereocenters. The van der Waals surface area contributed by atoms with Gasteiger partial charge in [0, 0.05) is 23.6 Å². The van der Waals surface area contributed by atoms with Crippen LogP contribution in [0.1, 0.15) is 24.1 Å². The van der Waals surface area contributed by atoms with Crippen molar-refractivity contribution in [2.45, 2.75) is 20.0 Å². The molecule has 0 spiro atoms. The molecular formula is C16H14F3N5O5. The van der Waals surface area contributed by atoms with Gasteiger partial charge in [-0.1, -0.05) is 19.6 Å². The quantitative estimate of drug-likeness (QED) is 0.399. The first-order valence-corrected chi connectivity index (χ1v) is 7.19. The van der Waals surface area contributed by atoms with Gasteiger partial charge in [0.15, 0.2) is 0 Å². The highest BCUT2D eigenvalue weighted by Gasteiger charge is 2.38. The molecule has 29 heavy (non-hydrogen) atoms. The number of nitro groups is 1. The van der Waals surface area contributed by atoms with Crippen molar-refractivity contribution < 1.29 is 32.7 Å². The summed E-state index contributed by atoms with van der Waals surface area (Å²) in [6.45, 7) is 0. The van der Waals surface area contributed by atoms with Crippen LogP contribution < -0.4 is 16.2 Å². The number of carboxylic acid groups (broad SMARTS) is 1. The van der Waals surface area contributed by atoms with Crippen LogP contribution in [0.15, 0.2) is 18.2 Å². The summed E-state index contributed by atoms with van der Waals surface area (Å²) in [6.07, 6.45) is -4.79. The van der Waals surface area contributed by atoms with Crippen LogP contribution in [-0.2, 0) is 11.2 Å². The Hall–Kier alpha value is -4.08. The second kappa shape index (κ2) is 8.30. The molecule has 0 saturated carbocycles. The fourth-order valence-electron chi connectivity index (χ4n) is 2.27. The molecule has 10 nitrogen and oxygen atoms in total. The number of halogens is 3. The number of nitrogens with two attached hydrogens (primary N) is 2. The summed E-state index contributed by atoms with van der Waals surface area (Å²) in [5.41, 5.74) is 12.8. The van der Waals surface area contributed by atoms with Crippen molar-refractivity contribution >= 4 is 23.2 Å². The molecule has 2 heterocycles. The maximum atomic E-state index is 11.0. The molecule has 0 saturated heterocycles. The number of pyridine rings is 1. The first kappa shape index (κ1) is 23.0. The summed E-state index contributed by atoms with van der Waals surface area (Å²) in [5, 5.41) is 27.2. The van der Waals surface area contributed by atoms with Crippen LogP contribution >= 0.6 is 0 Å². The third-order valence-corrected chi connectivity index (χ3v) is 3.52. The molecule has 154 valence electrons. The average molecular weight is 413 g/mol. The summed E-state index contributed by atoms with van der Waals surface area (Å²) >= 11 is 0. The molecule has 0 amide bonds. The highest BCUT2D eigenvalue weighted by molar-refractivity contribution is 5.73. The molecule has 0 unspecified atom stereocenters. The fourth-order valence-corrected chi connectivity index (χ4v) is 2.27. The van der Waals surface area contributed by atoms with Gasteiger partial charge in [-0.2, -0.15) is 23.4 Å². The minimum atomic E-state index is -5.08. The number of alkyl halides is 3. The Morgan fingerprint density at radius 3 is 2.45 bits per heavy atom. The topological polar surface area (TPSA) is 178 Å². The predicted octanol–water partition coefficient (Wildman–Crippen LogP) is 2.99. The van der Waals surface area contributed by atoms with Crippen molar-refractivity contribution in [2.75, 3.05) is 11.5 Å². The van der Waals surface area contributed by atoms with Crippen molar-refractivity contribution in [1.29, 1.82) is 5.26 Å². The second-order valence-corrected chi connectivity index (χ2v) is 5.29. The summed E-state index contributed by atoms with van der Waals surface area (Å²) < 4.78 is 37.2. The maximum Gasteiger partial charge on any atom is 0.490 e. The Balaban J connectivity index is 0.000000456. The predicted molar refractivity (Wildman–Crippen MR) is 94.2 cm³/mol. The number of fused-ring (bicyclic) bond motifs is 2. The normalized spacial score (nSPS) is 11.2. The molecule has 5 N–H and O–H groups in total. The summed E-state index contributed by atoms with van der Waals surface area (Å²) in [4.78, 5) is 23.4. The summed E-state index contributed by atoms with van der Waals surface area (Å²) in [6, 6.07) is 6.51. The van der Waals surface area contributed by atoms with E-state index in [0.717, 1.165) is 0 Å². The number of benzene rings is 1. The Labute approximate surface area is 161 Å². The number of hydrogen-bond acceptors (Lipinski definition) is 8. The zero-order valence-electron chi connectivity index (χ0n) is 13.6. The molecule has 13 heteroatoms. The van der Waals surface area contributed by atoms with E-state index in [2.05, 4.69) is 4.98 Å². The Kier molecular flexibility index (Phi) is 6.57. The van der Waals surface area contributed by atoms with E-state index in [1.165, 1.54) is 6.07 Å². The van der Waals surface area contributed by atoms with Crippen molar-refractivity contribution in [2.24, 2.45) is 0 Å². The van der Waals surface area contributed by atoms with Gasteiger partial charge in [0.2, 0.25) is 11.6 Å². The number of anilines is 2. The number of nitriles is 1. The number of nitrogen functional groups attached to an aromatic ring is 2. The molecule has 0 bridgehead atoms. The van der Waals surface area contributed by atoms with Crippen LogP contribution in [0.2, 0.25) is 0 Å². The molecule has 1 aliphatic rings. The molecule has 1 aromatic heterocycles. The zero-order chi connectivity index (χ0) is 21.2. The van der Waals surface area contributed by atoms with Gasteiger partial charge >= 0.3 is 17.8 Å². The fraction of sp³-hybridized carbons (Fsp3) is 0.188. The van der Waals surface area contributed by atoms with Gasteiger partial charge in [0.05, 0.1) is 10.6 Å². The number of carboxylic acids is 1. The maximum absolute atomic E-state index is 11.0. The van der Waals surface area contributed by atoms with Crippen molar-refractivity contribution in [3.05, 3.63) is 45.0 Å². The zero-order valence-corrected chi connectivity index (χ0v) is 13.6. The van der Waals surface area contributed by atoms with E-state index in [9.17, 15) is 23.3 Å². The van der Waals surface area contributed by atoms with E-state index in [1.54, 1.807) is 12.1 Å². The lowest BCUT2D eigenvalue weighted by molar-refractivity contribution is -0.385. The Morgan fingerprint density at radius 1 is 1.38 bits per heavy atom. The summed E-state index contributed by atoms with van der Waals surface area (Å²) in [5.74, 6) is -2.58. The third kappa shape index (κ3) is 4.61. The molecule has 1 aromatic carbocycles. The number of carbonyl (C=O) groups is 1. The van der Waals surface area contributed by atoms with Gasteiger partial charge in [-0.3, -0.25) is 10.1 Å². The smallest absolute Gasteiger partial charge is 0.475 e. The van der Waals surface area contributed by atoms with Crippen LogP contribution in [0.4, 0.5) is 30.4 Å². The van der Waals surface area contributed by atoms with E-state index >= 15 is 0 Å². The lowest BCUT2D eigenvalue weighted by Gasteiger charge is -2.21. The number of nitrogens with zero attached hydrogens (tertiary/aromatic N) is 3. The number of ether oxygens (including phenoxy) is 1. The molecule has 3 rings (SSSR count). The highest BCUT2D eigenvalue weighted by atomic mass is 19.4. The van der Waals surface area contributed by atoms with Crippen molar-refractivity contribution in [1.82, 2.24) is 4.98 Å². The van der Waals surface area contributed by atoms with Crippen LogP contribution in [0.25, 0.3) is 0 Å². The Bertz CT molecular complexity index is 1020. The number of aliphatic carboxylic acids is 1.